The molecule has 0 amide bonds. The van der Waals surface area contributed by atoms with Gasteiger partial charge in [-0.3, -0.25) is 4.79 Å². The van der Waals surface area contributed by atoms with Gasteiger partial charge in [-0.05, 0) is 45.4 Å². The van der Waals surface area contributed by atoms with Crippen molar-refractivity contribution >= 4 is 5.78 Å². The van der Waals surface area contributed by atoms with Gasteiger partial charge in [0, 0.05) is 0 Å². The van der Waals surface area contributed by atoms with Gasteiger partial charge in [0.2, 0.25) is 0 Å². The number of ketones is 1. The molecule has 0 saturated carbocycles. The summed E-state index contributed by atoms with van der Waals surface area (Å²) >= 11 is 0. The summed E-state index contributed by atoms with van der Waals surface area (Å²) < 4.78 is 34.3. The van der Waals surface area contributed by atoms with Crippen LogP contribution in [-0.2, 0) is 35.1 Å². The summed E-state index contributed by atoms with van der Waals surface area (Å²) in [5.74, 6) is -1.22. The van der Waals surface area contributed by atoms with Crippen molar-refractivity contribution in [1.82, 2.24) is 0 Å². The Morgan fingerprint density at radius 1 is 1.12 bits per heavy atom. The molecule has 3 rings (SSSR count). The first-order chi connectivity index (χ1) is 14.8. The predicted molar refractivity (Wildman–Crippen MR) is 116 cm³/mol. The van der Waals surface area contributed by atoms with E-state index in [2.05, 4.69) is 0 Å². The molecule has 0 aromatic heterocycles. The summed E-state index contributed by atoms with van der Waals surface area (Å²) in [7, 11) is 1.62. The summed E-state index contributed by atoms with van der Waals surface area (Å²) in [6.07, 6.45) is -3.14. The fraction of sp³-hybridized carbons (Fsp3) is 0.708. The van der Waals surface area contributed by atoms with E-state index < -0.39 is 41.4 Å². The van der Waals surface area contributed by atoms with Crippen LogP contribution in [0.1, 0.15) is 47.1 Å². The lowest BCUT2D eigenvalue weighted by Crippen LogP contribution is -2.52. The molecular formula is C24H36O8. The van der Waals surface area contributed by atoms with Crippen LogP contribution in [0.25, 0.3) is 0 Å². The minimum atomic E-state index is -1.14. The summed E-state index contributed by atoms with van der Waals surface area (Å²) in [6.45, 7) is 11.2. The standard InChI is InChI=1S/C24H36O8/c1-22(2,20(25)18-14-29-23(3,4)31-18)21(26)19-17(30-24(5,6)32-19)13-28-12-15-8-10-16(27-7)11-9-15/h8-11,17-20,25H,12-14H2,1-7H3/t17-,18-,19+,20-/m1/s1. The first-order valence-electron chi connectivity index (χ1n) is 10.9. The number of carbonyl (C=O) groups excluding carboxylic acids is 1. The fourth-order valence-corrected chi connectivity index (χ4v) is 4.04. The molecule has 8 nitrogen and oxygen atoms in total. The fourth-order valence-electron chi connectivity index (χ4n) is 4.04. The molecule has 0 aliphatic carbocycles. The highest BCUT2D eigenvalue weighted by molar-refractivity contribution is 5.89. The van der Waals surface area contributed by atoms with E-state index >= 15 is 0 Å². The Bertz CT molecular complexity index is 786. The van der Waals surface area contributed by atoms with Crippen molar-refractivity contribution in [3.63, 3.8) is 0 Å². The minimum Gasteiger partial charge on any atom is -0.497 e. The van der Waals surface area contributed by atoms with Gasteiger partial charge in [0.1, 0.15) is 24.1 Å². The van der Waals surface area contributed by atoms with Gasteiger partial charge in [-0.1, -0.05) is 26.0 Å². The second kappa shape index (κ2) is 9.37. The molecular weight excluding hydrogens is 416 g/mol. The monoisotopic (exact) mass is 452 g/mol. The molecule has 1 aromatic carbocycles. The quantitative estimate of drug-likeness (QED) is 0.612. The molecule has 2 aliphatic rings. The van der Waals surface area contributed by atoms with Gasteiger partial charge in [0.25, 0.3) is 0 Å². The molecule has 1 aromatic rings. The molecule has 0 bridgehead atoms. The minimum absolute atomic E-state index is 0.175. The Labute approximate surface area is 190 Å². The third kappa shape index (κ3) is 5.68. The van der Waals surface area contributed by atoms with Crippen molar-refractivity contribution in [2.75, 3.05) is 20.3 Å². The van der Waals surface area contributed by atoms with Gasteiger partial charge in [-0.15, -0.1) is 0 Å². The van der Waals surface area contributed by atoms with Gasteiger partial charge >= 0.3 is 0 Å². The number of hydrogen-bond acceptors (Lipinski definition) is 8. The molecule has 2 heterocycles. The van der Waals surface area contributed by atoms with Crippen LogP contribution in [0.2, 0.25) is 0 Å². The highest BCUT2D eigenvalue weighted by Gasteiger charge is 2.53. The Morgan fingerprint density at radius 3 is 2.34 bits per heavy atom. The molecule has 180 valence electrons. The van der Waals surface area contributed by atoms with E-state index in [1.54, 1.807) is 48.7 Å². The summed E-state index contributed by atoms with van der Waals surface area (Å²) in [6, 6.07) is 7.57. The smallest absolute Gasteiger partial charge is 0.172 e. The number of benzene rings is 1. The first kappa shape index (κ1) is 25.1. The lowest BCUT2D eigenvalue weighted by atomic mass is 9.76. The molecule has 0 radical (unpaired) electrons. The van der Waals surface area contributed by atoms with E-state index in [0.717, 1.165) is 11.3 Å². The highest BCUT2D eigenvalue weighted by Crippen LogP contribution is 2.38. The van der Waals surface area contributed by atoms with Gasteiger partial charge in [0.15, 0.2) is 17.4 Å². The van der Waals surface area contributed by atoms with Crippen LogP contribution < -0.4 is 4.74 Å². The number of hydrogen-bond donors (Lipinski definition) is 1. The van der Waals surface area contributed by atoms with E-state index in [0.29, 0.717) is 6.61 Å². The topological polar surface area (TPSA) is 92.7 Å². The molecule has 32 heavy (non-hydrogen) atoms. The highest BCUT2D eigenvalue weighted by atomic mass is 16.8. The molecule has 2 saturated heterocycles. The maximum atomic E-state index is 13.5. The average molecular weight is 453 g/mol. The summed E-state index contributed by atoms with van der Waals surface area (Å²) in [4.78, 5) is 13.5. The molecule has 2 fully saturated rings. The molecule has 1 N–H and O–H groups in total. The summed E-state index contributed by atoms with van der Waals surface area (Å²) in [5.41, 5.74) is -0.166. The second-order valence-corrected chi connectivity index (χ2v) is 9.86. The zero-order valence-electron chi connectivity index (χ0n) is 20.0. The van der Waals surface area contributed by atoms with Crippen LogP contribution in [0.4, 0.5) is 0 Å². The largest absolute Gasteiger partial charge is 0.497 e. The van der Waals surface area contributed by atoms with Gasteiger partial charge in [-0.2, -0.15) is 0 Å². The molecule has 2 aliphatic heterocycles. The Morgan fingerprint density at radius 2 is 1.78 bits per heavy atom. The van der Waals surface area contributed by atoms with E-state index in [4.69, 9.17) is 28.4 Å². The molecule has 0 spiro atoms. The molecule has 4 atom stereocenters. The van der Waals surface area contributed by atoms with Crippen LogP contribution in [-0.4, -0.2) is 67.2 Å². The van der Waals surface area contributed by atoms with Crippen LogP contribution in [0.3, 0.4) is 0 Å². The van der Waals surface area contributed by atoms with Crippen molar-refractivity contribution in [1.29, 1.82) is 0 Å². The normalized spacial score (nSPS) is 27.9. The Kier molecular flexibility index (Phi) is 7.34. The van der Waals surface area contributed by atoms with Crippen molar-refractivity contribution in [2.45, 2.75) is 84.1 Å². The average Bonchev–Trinajstić information content (AvgIpc) is 3.25. The molecule has 0 unspecified atom stereocenters. The lowest BCUT2D eigenvalue weighted by molar-refractivity contribution is -0.175. The maximum absolute atomic E-state index is 13.5. The Balaban J connectivity index is 1.64. The molecule has 8 heteroatoms. The number of aliphatic hydroxyl groups excluding tert-OH is 1. The number of ether oxygens (including phenoxy) is 6. The zero-order valence-corrected chi connectivity index (χ0v) is 20.0. The van der Waals surface area contributed by atoms with Crippen molar-refractivity contribution in [3.05, 3.63) is 29.8 Å². The van der Waals surface area contributed by atoms with Crippen molar-refractivity contribution in [2.24, 2.45) is 5.41 Å². The lowest BCUT2D eigenvalue weighted by Gasteiger charge is -2.35. The SMILES string of the molecule is COc1ccc(COC[C@H]2OC(C)(C)O[C@@H]2C(=O)C(C)(C)[C@H](O)[C@H]2COC(C)(C)O2)cc1. The van der Waals surface area contributed by atoms with E-state index in [-0.39, 0.29) is 19.0 Å². The Hall–Kier alpha value is -1.55. The van der Waals surface area contributed by atoms with Crippen LogP contribution in [0, 0.1) is 5.41 Å². The van der Waals surface area contributed by atoms with Crippen LogP contribution in [0.15, 0.2) is 24.3 Å². The number of carbonyl (C=O) groups is 1. The van der Waals surface area contributed by atoms with E-state index in [1.165, 1.54) is 0 Å². The number of rotatable bonds is 9. The zero-order chi connectivity index (χ0) is 23.7. The summed E-state index contributed by atoms with van der Waals surface area (Å²) in [5, 5.41) is 11.0. The number of Topliss-reactive ketones (excluding diaryl/α,β-unsaturated/α-hetero) is 1. The van der Waals surface area contributed by atoms with Gasteiger partial charge < -0.3 is 33.5 Å². The predicted octanol–water partition coefficient (Wildman–Crippen LogP) is 2.84. The third-order valence-corrected chi connectivity index (χ3v) is 5.91. The second-order valence-electron chi connectivity index (χ2n) is 9.86. The van der Waals surface area contributed by atoms with Crippen LogP contribution >= 0.6 is 0 Å². The van der Waals surface area contributed by atoms with Crippen molar-refractivity contribution in [3.8, 4) is 5.75 Å². The first-order valence-corrected chi connectivity index (χ1v) is 10.9. The van der Waals surface area contributed by atoms with Crippen molar-refractivity contribution < 1.29 is 38.3 Å². The number of methoxy groups -OCH3 is 1. The van der Waals surface area contributed by atoms with E-state index in [1.807, 2.05) is 24.3 Å². The number of aliphatic hydroxyl groups is 1. The van der Waals surface area contributed by atoms with E-state index in [9.17, 15) is 9.90 Å². The maximum Gasteiger partial charge on any atom is 0.172 e. The third-order valence-electron chi connectivity index (χ3n) is 5.91. The van der Waals surface area contributed by atoms with Crippen LogP contribution in [0.5, 0.6) is 5.75 Å². The van der Waals surface area contributed by atoms with Gasteiger partial charge in [-0.25, -0.2) is 0 Å². The van der Waals surface area contributed by atoms with Gasteiger partial charge in [0.05, 0.1) is 38.4 Å².